The first-order chi connectivity index (χ1) is 8.59. The van der Waals surface area contributed by atoms with Gasteiger partial charge in [0.05, 0.1) is 23.5 Å². The highest BCUT2D eigenvalue weighted by Gasteiger charge is 2.16. The molecule has 0 saturated carbocycles. The van der Waals surface area contributed by atoms with E-state index in [4.69, 9.17) is 5.73 Å². The van der Waals surface area contributed by atoms with Gasteiger partial charge in [-0.05, 0) is 13.0 Å². The lowest BCUT2D eigenvalue weighted by Gasteiger charge is -2.13. The van der Waals surface area contributed by atoms with Gasteiger partial charge in [-0.3, -0.25) is 9.78 Å². The number of pyridine rings is 1. The van der Waals surface area contributed by atoms with E-state index < -0.39 is 0 Å². The maximum absolute atomic E-state index is 12.0. The highest BCUT2D eigenvalue weighted by atomic mass is 16.1. The summed E-state index contributed by atoms with van der Waals surface area (Å²) in [6.45, 7) is 1.83. The van der Waals surface area contributed by atoms with Gasteiger partial charge in [0.2, 0.25) is 0 Å². The smallest absolute Gasteiger partial charge is 0.254 e. The van der Waals surface area contributed by atoms with Gasteiger partial charge in [-0.2, -0.15) is 0 Å². The molecule has 18 heavy (non-hydrogen) atoms. The first-order valence-corrected chi connectivity index (χ1v) is 5.44. The predicted octanol–water partition coefficient (Wildman–Crippen LogP) is 0.283. The van der Waals surface area contributed by atoms with Crippen molar-refractivity contribution in [2.75, 3.05) is 5.73 Å². The summed E-state index contributed by atoms with van der Waals surface area (Å²) in [6, 6.07) is 1.33. The Labute approximate surface area is 104 Å². The Hall–Kier alpha value is -2.44. The summed E-state index contributed by atoms with van der Waals surface area (Å²) >= 11 is 0. The average Bonchev–Trinajstić information content (AvgIpc) is 2.76. The van der Waals surface area contributed by atoms with Crippen LogP contribution in [-0.2, 0) is 7.05 Å². The van der Waals surface area contributed by atoms with Gasteiger partial charge in [0.1, 0.15) is 6.33 Å². The van der Waals surface area contributed by atoms with Crippen molar-refractivity contribution in [2.45, 2.75) is 13.0 Å². The average molecular weight is 246 g/mol. The van der Waals surface area contributed by atoms with Gasteiger partial charge in [0.25, 0.3) is 5.91 Å². The molecule has 0 aromatic carbocycles. The van der Waals surface area contributed by atoms with Crippen LogP contribution in [0.2, 0.25) is 0 Å². The number of nitrogens with one attached hydrogen (secondary N) is 1. The van der Waals surface area contributed by atoms with Gasteiger partial charge in [-0.1, -0.05) is 0 Å². The third kappa shape index (κ3) is 2.29. The molecule has 7 nitrogen and oxygen atoms in total. The molecule has 2 rings (SSSR count). The van der Waals surface area contributed by atoms with Crippen LogP contribution in [0.1, 0.15) is 29.1 Å². The number of anilines is 1. The van der Waals surface area contributed by atoms with Crippen LogP contribution in [-0.4, -0.2) is 25.7 Å². The maximum Gasteiger partial charge on any atom is 0.254 e. The third-order valence-corrected chi connectivity index (χ3v) is 2.58. The summed E-state index contributed by atoms with van der Waals surface area (Å²) in [5, 5.41) is 10.5. The van der Waals surface area contributed by atoms with E-state index in [1.54, 1.807) is 17.0 Å². The number of carbonyl (C=O) groups excluding carboxylic acids is 1. The molecule has 0 aliphatic rings. The Morgan fingerprint density at radius 3 is 2.94 bits per heavy atom. The van der Waals surface area contributed by atoms with Crippen molar-refractivity contribution in [3.63, 3.8) is 0 Å². The van der Waals surface area contributed by atoms with Crippen molar-refractivity contribution in [3.05, 3.63) is 36.2 Å². The SMILES string of the molecule is CC(NC(=O)c1ccncc1N)c1nncn1C. The lowest BCUT2D eigenvalue weighted by atomic mass is 10.2. The van der Waals surface area contributed by atoms with Crippen LogP contribution in [0.15, 0.2) is 24.8 Å². The summed E-state index contributed by atoms with van der Waals surface area (Å²) in [5.41, 5.74) is 6.44. The minimum atomic E-state index is -0.259. The largest absolute Gasteiger partial charge is 0.397 e. The van der Waals surface area contributed by atoms with Crippen molar-refractivity contribution in [1.29, 1.82) is 0 Å². The Morgan fingerprint density at radius 1 is 1.56 bits per heavy atom. The molecule has 0 bridgehead atoms. The van der Waals surface area contributed by atoms with Crippen LogP contribution >= 0.6 is 0 Å². The summed E-state index contributed by atoms with van der Waals surface area (Å²) in [5.74, 6) is 0.418. The number of hydrogen-bond donors (Lipinski definition) is 2. The number of hydrogen-bond acceptors (Lipinski definition) is 5. The van der Waals surface area contributed by atoms with Crippen LogP contribution in [0.25, 0.3) is 0 Å². The highest BCUT2D eigenvalue weighted by Crippen LogP contribution is 2.12. The molecular weight excluding hydrogens is 232 g/mol. The van der Waals surface area contributed by atoms with E-state index in [-0.39, 0.29) is 11.9 Å². The molecule has 0 spiro atoms. The summed E-state index contributed by atoms with van der Waals surface area (Å²) < 4.78 is 1.75. The Bertz CT molecular complexity index is 564. The molecule has 1 unspecified atom stereocenters. The zero-order chi connectivity index (χ0) is 13.1. The Morgan fingerprint density at radius 2 is 2.33 bits per heavy atom. The first kappa shape index (κ1) is 12.0. The van der Waals surface area contributed by atoms with Crippen LogP contribution in [0.4, 0.5) is 5.69 Å². The molecule has 1 amide bonds. The minimum absolute atomic E-state index is 0.252. The van der Waals surface area contributed by atoms with Gasteiger partial charge >= 0.3 is 0 Å². The number of nitrogens with two attached hydrogens (primary N) is 1. The molecule has 0 aliphatic carbocycles. The second-order valence-corrected chi connectivity index (χ2v) is 3.96. The molecule has 3 N–H and O–H groups in total. The van der Waals surface area contributed by atoms with Crippen LogP contribution < -0.4 is 11.1 Å². The number of nitrogens with zero attached hydrogens (tertiary/aromatic N) is 4. The van der Waals surface area contributed by atoms with Crippen LogP contribution in [0.3, 0.4) is 0 Å². The molecule has 94 valence electrons. The van der Waals surface area contributed by atoms with E-state index in [9.17, 15) is 4.79 Å². The minimum Gasteiger partial charge on any atom is -0.397 e. The fraction of sp³-hybridized carbons (Fsp3) is 0.273. The van der Waals surface area contributed by atoms with Crippen LogP contribution in [0.5, 0.6) is 0 Å². The highest BCUT2D eigenvalue weighted by molar-refractivity contribution is 5.98. The van der Waals surface area contributed by atoms with Gasteiger partial charge in [-0.15, -0.1) is 10.2 Å². The van der Waals surface area contributed by atoms with E-state index in [1.165, 1.54) is 12.4 Å². The molecule has 2 heterocycles. The molecule has 0 fully saturated rings. The topological polar surface area (TPSA) is 98.7 Å². The van der Waals surface area contributed by atoms with E-state index in [0.717, 1.165) is 0 Å². The lowest BCUT2D eigenvalue weighted by molar-refractivity contribution is 0.0938. The van der Waals surface area contributed by atoms with Crippen molar-refractivity contribution >= 4 is 11.6 Å². The van der Waals surface area contributed by atoms with E-state index in [0.29, 0.717) is 17.1 Å². The van der Waals surface area contributed by atoms with Crippen LogP contribution in [0, 0.1) is 0 Å². The van der Waals surface area contributed by atoms with Gasteiger partial charge in [-0.25, -0.2) is 0 Å². The van der Waals surface area contributed by atoms with Crippen molar-refractivity contribution in [2.24, 2.45) is 7.05 Å². The molecule has 2 aromatic rings. The lowest BCUT2D eigenvalue weighted by Crippen LogP contribution is -2.29. The summed E-state index contributed by atoms with van der Waals surface area (Å²) in [6.07, 6.45) is 4.55. The molecule has 1 atom stereocenters. The van der Waals surface area contributed by atoms with E-state index in [1.807, 2.05) is 14.0 Å². The van der Waals surface area contributed by atoms with Crippen molar-refractivity contribution in [1.82, 2.24) is 25.1 Å². The zero-order valence-electron chi connectivity index (χ0n) is 10.2. The van der Waals surface area contributed by atoms with E-state index >= 15 is 0 Å². The quantitative estimate of drug-likeness (QED) is 0.810. The van der Waals surface area contributed by atoms with Gasteiger partial charge in [0, 0.05) is 13.2 Å². The normalized spacial score (nSPS) is 12.1. The molecule has 2 aromatic heterocycles. The standard InChI is InChI=1S/C11H14N6O/c1-7(10-16-14-6-17(10)2)15-11(18)8-3-4-13-5-9(8)12/h3-7H,12H2,1-2H3,(H,15,18). The maximum atomic E-state index is 12.0. The number of aryl methyl sites for hydroxylation is 1. The predicted molar refractivity (Wildman–Crippen MR) is 65.5 cm³/mol. The molecule has 7 heteroatoms. The molecule has 0 radical (unpaired) electrons. The zero-order valence-corrected chi connectivity index (χ0v) is 10.2. The number of aromatic nitrogens is 4. The number of carbonyl (C=O) groups is 1. The second kappa shape index (κ2) is 4.82. The van der Waals surface area contributed by atoms with E-state index in [2.05, 4.69) is 20.5 Å². The first-order valence-electron chi connectivity index (χ1n) is 5.44. The third-order valence-electron chi connectivity index (χ3n) is 2.58. The fourth-order valence-electron chi connectivity index (χ4n) is 1.64. The Kier molecular flexibility index (Phi) is 3.22. The summed E-state index contributed by atoms with van der Waals surface area (Å²) in [7, 11) is 1.82. The molecule has 0 aliphatic heterocycles. The second-order valence-electron chi connectivity index (χ2n) is 3.96. The fourth-order valence-corrected chi connectivity index (χ4v) is 1.64. The van der Waals surface area contributed by atoms with Gasteiger partial charge < -0.3 is 15.6 Å². The number of amides is 1. The Balaban J connectivity index is 2.13. The number of nitrogen functional groups attached to an aromatic ring is 1. The molecule has 0 saturated heterocycles. The van der Waals surface area contributed by atoms with Crippen molar-refractivity contribution in [3.8, 4) is 0 Å². The number of rotatable bonds is 3. The molecular formula is C11H14N6O. The monoisotopic (exact) mass is 246 g/mol. The van der Waals surface area contributed by atoms with Crippen molar-refractivity contribution < 1.29 is 4.79 Å². The van der Waals surface area contributed by atoms with Gasteiger partial charge in [0.15, 0.2) is 5.82 Å². The summed E-state index contributed by atoms with van der Waals surface area (Å²) in [4.78, 5) is 15.8.